The van der Waals surface area contributed by atoms with Crippen LogP contribution in [-0.4, -0.2) is 10.9 Å². The number of benzene rings is 1. The number of aryl methyl sites for hydroxylation is 2. The van der Waals surface area contributed by atoms with E-state index in [0.29, 0.717) is 22.9 Å². The Balaban J connectivity index is 2.15. The number of hydrogen-bond donors (Lipinski definition) is 2. The fourth-order valence-electron chi connectivity index (χ4n) is 1.79. The van der Waals surface area contributed by atoms with Crippen LogP contribution in [-0.2, 0) is 0 Å². The lowest BCUT2D eigenvalue weighted by molar-refractivity contribution is 0.0934. The minimum absolute atomic E-state index is 0.232. The van der Waals surface area contributed by atoms with Crippen LogP contribution in [0.25, 0.3) is 0 Å². The van der Waals surface area contributed by atoms with Crippen LogP contribution in [0.5, 0.6) is 0 Å². The third kappa shape index (κ3) is 2.76. The highest BCUT2D eigenvalue weighted by atomic mass is 16.4. The van der Waals surface area contributed by atoms with Crippen LogP contribution in [0.2, 0.25) is 0 Å². The van der Waals surface area contributed by atoms with Gasteiger partial charge in [0.05, 0.1) is 11.8 Å². The van der Waals surface area contributed by atoms with E-state index >= 15 is 0 Å². The topological polar surface area (TPSA) is 81.2 Å². The maximum atomic E-state index is 12.1. The van der Waals surface area contributed by atoms with Crippen LogP contribution >= 0.6 is 0 Å². The Morgan fingerprint density at radius 3 is 2.79 bits per heavy atom. The number of nitrogen functional groups attached to an aromatic ring is 1. The minimum Gasteiger partial charge on any atom is -0.444 e. The summed E-state index contributed by atoms with van der Waals surface area (Å²) < 4.78 is 5.38. The molecule has 1 unspecified atom stereocenters. The molecule has 100 valence electrons. The van der Waals surface area contributed by atoms with Crippen molar-refractivity contribution in [3.8, 4) is 0 Å². The molecule has 3 N–H and O–H groups in total. The summed E-state index contributed by atoms with van der Waals surface area (Å²) in [5, 5.41) is 2.82. The molecular weight excluding hydrogens is 242 g/mol. The third-order valence-corrected chi connectivity index (χ3v) is 2.93. The second-order valence-corrected chi connectivity index (χ2v) is 4.54. The van der Waals surface area contributed by atoms with Crippen molar-refractivity contribution in [3.63, 3.8) is 0 Å². The SMILES string of the molecule is Cc1cnc(C(C)NC(=O)c2cccc(C)c2N)o1. The normalized spacial score (nSPS) is 12.2. The maximum absolute atomic E-state index is 12.1. The first-order valence-electron chi connectivity index (χ1n) is 6.07. The Bertz CT molecular complexity index is 604. The van der Waals surface area contributed by atoms with Gasteiger partial charge in [-0.2, -0.15) is 0 Å². The van der Waals surface area contributed by atoms with Crippen molar-refractivity contribution in [1.82, 2.24) is 10.3 Å². The van der Waals surface area contributed by atoms with Crippen molar-refractivity contribution < 1.29 is 9.21 Å². The number of rotatable bonds is 3. The van der Waals surface area contributed by atoms with Gasteiger partial charge in [0.25, 0.3) is 5.91 Å². The number of amides is 1. The molecule has 1 atom stereocenters. The van der Waals surface area contributed by atoms with Crippen LogP contribution in [0.3, 0.4) is 0 Å². The van der Waals surface area contributed by atoms with Gasteiger partial charge in [0.2, 0.25) is 5.89 Å². The van der Waals surface area contributed by atoms with Crippen molar-refractivity contribution >= 4 is 11.6 Å². The number of oxazole rings is 1. The molecule has 1 amide bonds. The van der Waals surface area contributed by atoms with E-state index in [1.807, 2.05) is 26.8 Å². The average Bonchev–Trinajstić information content (AvgIpc) is 2.79. The lowest BCUT2D eigenvalue weighted by Gasteiger charge is -2.12. The molecule has 1 aromatic heterocycles. The number of carbonyl (C=O) groups is 1. The molecule has 2 rings (SSSR count). The van der Waals surface area contributed by atoms with Crippen LogP contribution in [0, 0.1) is 13.8 Å². The van der Waals surface area contributed by atoms with E-state index in [0.717, 1.165) is 5.56 Å². The van der Waals surface area contributed by atoms with Gasteiger partial charge in [0, 0.05) is 5.69 Å². The number of nitrogens with two attached hydrogens (primary N) is 1. The monoisotopic (exact) mass is 259 g/mol. The molecule has 0 aliphatic heterocycles. The molecule has 5 heteroatoms. The van der Waals surface area contributed by atoms with E-state index in [1.165, 1.54) is 0 Å². The predicted octanol–water partition coefficient (Wildman–Crippen LogP) is 2.36. The van der Waals surface area contributed by atoms with Crippen molar-refractivity contribution in [1.29, 1.82) is 0 Å². The number of nitrogens with one attached hydrogen (secondary N) is 1. The molecule has 0 fully saturated rings. The molecule has 0 spiro atoms. The number of carbonyl (C=O) groups excluding carboxylic acids is 1. The fraction of sp³-hybridized carbons (Fsp3) is 0.286. The highest BCUT2D eigenvalue weighted by Crippen LogP contribution is 2.18. The van der Waals surface area contributed by atoms with Crippen molar-refractivity contribution in [2.24, 2.45) is 0 Å². The number of para-hydroxylation sites is 1. The summed E-state index contributed by atoms with van der Waals surface area (Å²) in [5.41, 5.74) is 7.75. The van der Waals surface area contributed by atoms with Gasteiger partial charge in [-0.15, -0.1) is 0 Å². The summed E-state index contributed by atoms with van der Waals surface area (Å²) in [4.78, 5) is 16.2. The minimum atomic E-state index is -0.305. The van der Waals surface area contributed by atoms with E-state index < -0.39 is 0 Å². The Kier molecular flexibility index (Phi) is 3.55. The summed E-state index contributed by atoms with van der Waals surface area (Å²) in [5.74, 6) is 0.966. The van der Waals surface area contributed by atoms with Crippen LogP contribution < -0.4 is 11.1 Å². The standard InChI is InChI=1S/C14H17N3O2/c1-8-5-4-6-11(12(8)15)13(18)17-10(3)14-16-7-9(2)19-14/h4-7,10H,15H2,1-3H3,(H,17,18). The second-order valence-electron chi connectivity index (χ2n) is 4.54. The first-order chi connectivity index (χ1) is 8.99. The Labute approximate surface area is 111 Å². The smallest absolute Gasteiger partial charge is 0.254 e. The molecule has 2 aromatic rings. The molecule has 0 bridgehead atoms. The Hall–Kier alpha value is -2.30. The zero-order valence-electron chi connectivity index (χ0n) is 11.2. The average molecular weight is 259 g/mol. The molecule has 19 heavy (non-hydrogen) atoms. The highest BCUT2D eigenvalue weighted by Gasteiger charge is 2.17. The lowest BCUT2D eigenvalue weighted by Crippen LogP contribution is -2.27. The highest BCUT2D eigenvalue weighted by molar-refractivity contribution is 5.99. The predicted molar refractivity (Wildman–Crippen MR) is 72.7 cm³/mol. The summed E-state index contributed by atoms with van der Waals surface area (Å²) in [6.45, 7) is 5.49. The van der Waals surface area contributed by atoms with Gasteiger partial charge >= 0.3 is 0 Å². The lowest BCUT2D eigenvalue weighted by atomic mass is 10.1. The molecule has 1 heterocycles. The largest absolute Gasteiger partial charge is 0.444 e. The zero-order chi connectivity index (χ0) is 14.0. The van der Waals surface area contributed by atoms with Gasteiger partial charge in [-0.25, -0.2) is 4.98 Å². The van der Waals surface area contributed by atoms with Crippen LogP contribution in [0.1, 0.15) is 40.5 Å². The van der Waals surface area contributed by atoms with Gasteiger partial charge in [0.1, 0.15) is 11.8 Å². The molecule has 0 aliphatic rings. The van der Waals surface area contributed by atoms with E-state index in [-0.39, 0.29) is 11.9 Å². The number of aromatic nitrogens is 1. The van der Waals surface area contributed by atoms with Crippen LogP contribution in [0.15, 0.2) is 28.8 Å². The van der Waals surface area contributed by atoms with E-state index in [2.05, 4.69) is 10.3 Å². The quantitative estimate of drug-likeness (QED) is 0.829. The van der Waals surface area contributed by atoms with E-state index in [1.54, 1.807) is 18.3 Å². The summed E-state index contributed by atoms with van der Waals surface area (Å²) in [6.07, 6.45) is 1.62. The van der Waals surface area contributed by atoms with E-state index in [9.17, 15) is 4.79 Å². The van der Waals surface area contributed by atoms with Crippen molar-refractivity contribution in [2.75, 3.05) is 5.73 Å². The molecule has 0 saturated heterocycles. The Morgan fingerprint density at radius 2 is 2.16 bits per heavy atom. The van der Waals surface area contributed by atoms with E-state index in [4.69, 9.17) is 10.2 Å². The summed E-state index contributed by atoms with van der Waals surface area (Å²) in [7, 11) is 0. The maximum Gasteiger partial charge on any atom is 0.254 e. The molecule has 0 radical (unpaired) electrons. The van der Waals surface area contributed by atoms with Gasteiger partial charge in [-0.05, 0) is 32.4 Å². The molecular formula is C14H17N3O2. The van der Waals surface area contributed by atoms with Gasteiger partial charge in [-0.3, -0.25) is 4.79 Å². The number of nitrogens with zero attached hydrogens (tertiary/aromatic N) is 1. The second kappa shape index (κ2) is 5.14. The third-order valence-electron chi connectivity index (χ3n) is 2.93. The molecule has 1 aromatic carbocycles. The van der Waals surface area contributed by atoms with Gasteiger partial charge in [-0.1, -0.05) is 12.1 Å². The zero-order valence-corrected chi connectivity index (χ0v) is 11.2. The number of anilines is 1. The molecule has 0 aliphatic carbocycles. The Morgan fingerprint density at radius 1 is 1.42 bits per heavy atom. The summed E-state index contributed by atoms with van der Waals surface area (Å²) >= 11 is 0. The fourth-order valence-corrected chi connectivity index (χ4v) is 1.79. The van der Waals surface area contributed by atoms with Gasteiger partial charge in [0.15, 0.2) is 0 Å². The number of hydrogen-bond acceptors (Lipinski definition) is 4. The first kappa shape index (κ1) is 13.1. The first-order valence-corrected chi connectivity index (χ1v) is 6.07. The summed E-state index contributed by atoms with van der Waals surface area (Å²) in [6, 6.07) is 5.07. The van der Waals surface area contributed by atoms with Crippen molar-refractivity contribution in [2.45, 2.75) is 26.8 Å². The van der Waals surface area contributed by atoms with Gasteiger partial charge < -0.3 is 15.5 Å². The molecule has 5 nitrogen and oxygen atoms in total. The molecule has 0 saturated carbocycles. The van der Waals surface area contributed by atoms with Crippen molar-refractivity contribution in [3.05, 3.63) is 47.2 Å². The van der Waals surface area contributed by atoms with Crippen LogP contribution in [0.4, 0.5) is 5.69 Å².